The lowest BCUT2D eigenvalue weighted by atomic mass is 10.1. The van der Waals surface area contributed by atoms with Crippen molar-refractivity contribution in [3.63, 3.8) is 0 Å². The number of nitrogens with zero attached hydrogens (tertiary/aromatic N) is 1. The summed E-state index contributed by atoms with van der Waals surface area (Å²) < 4.78 is 0. The van der Waals surface area contributed by atoms with E-state index in [1.54, 1.807) is 13.8 Å². The Labute approximate surface area is 119 Å². The van der Waals surface area contributed by atoms with Gasteiger partial charge in [0.05, 0.1) is 5.56 Å². The Bertz CT molecular complexity index is 542. The zero-order chi connectivity index (χ0) is 15.0. The van der Waals surface area contributed by atoms with Gasteiger partial charge in [0.1, 0.15) is 5.69 Å². The standard InChI is InChI=1S/C15H22N2O3/c1-8(2)17(7-11-5-6-11)14(18)12-9(3)13(15(19)20)16-10(12)4/h8,11,16H,5-7H2,1-4H3,(H,19,20). The molecule has 2 rings (SSSR count). The number of carboxylic acid groups (broad SMARTS) is 1. The van der Waals surface area contributed by atoms with Crippen molar-refractivity contribution >= 4 is 11.9 Å². The Hall–Kier alpha value is -1.78. The molecular formula is C15H22N2O3. The number of amides is 1. The van der Waals surface area contributed by atoms with Gasteiger partial charge in [-0.05, 0) is 52.0 Å². The second-order valence-corrected chi connectivity index (χ2v) is 5.92. The number of carbonyl (C=O) groups excluding carboxylic acids is 1. The molecule has 2 N–H and O–H groups in total. The highest BCUT2D eigenvalue weighted by Crippen LogP contribution is 2.31. The molecule has 1 fully saturated rings. The number of aromatic carboxylic acids is 1. The molecule has 0 saturated heterocycles. The minimum Gasteiger partial charge on any atom is -0.477 e. The number of aromatic nitrogens is 1. The van der Waals surface area contributed by atoms with Crippen LogP contribution in [-0.4, -0.2) is 39.5 Å². The van der Waals surface area contributed by atoms with Crippen molar-refractivity contribution < 1.29 is 14.7 Å². The molecule has 5 nitrogen and oxygen atoms in total. The molecule has 5 heteroatoms. The normalized spacial score (nSPS) is 14.7. The molecular weight excluding hydrogens is 256 g/mol. The van der Waals surface area contributed by atoms with Crippen LogP contribution in [-0.2, 0) is 0 Å². The Morgan fingerprint density at radius 3 is 2.35 bits per heavy atom. The van der Waals surface area contributed by atoms with Gasteiger partial charge in [-0.15, -0.1) is 0 Å². The Morgan fingerprint density at radius 2 is 1.95 bits per heavy atom. The lowest BCUT2D eigenvalue weighted by Crippen LogP contribution is -2.39. The van der Waals surface area contributed by atoms with E-state index in [0.29, 0.717) is 22.7 Å². The summed E-state index contributed by atoms with van der Waals surface area (Å²) in [6.07, 6.45) is 2.37. The van der Waals surface area contributed by atoms with Crippen molar-refractivity contribution in [2.24, 2.45) is 5.92 Å². The van der Waals surface area contributed by atoms with Crippen LogP contribution >= 0.6 is 0 Å². The first-order chi connectivity index (χ1) is 9.32. The number of hydrogen-bond donors (Lipinski definition) is 2. The van der Waals surface area contributed by atoms with Crippen molar-refractivity contribution in [1.82, 2.24) is 9.88 Å². The maximum Gasteiger partial charge on any atom is 0.352 e. The number of carbonyl (C=O) groups is 2. The fraction of sp³-hybridized carbons (Fsp3) is 0.600. The van der Waals surface area contributed by atoms with Gasteiger partial charge in [-0.2, -0.15) is 0 Å². The highest BCUT2D eigenvalue weighted by atomic mass is 16.4. The lowest BCUT2D eigenvalue weighted by molar-refractivity contribution is 0.0688. The molecule has 1 heterocycles. The van der Waals surface area contributed by atoms with E-state index >= 15 is 0 Å². The molecule has 1 aromatic heterocycles. The second-order valence-electron chi connectivity index (χ2n) is 5.92. The molecule has 1 aliphatic carbocycles. The largest absolute Gasteiger partial charge is 0.477 e. The molecule has 0 bridgehead atoms. The van der Waals surface area contributed by atoms with Crippen LogP contribution in [0, 0.1) is 19.8 Å². The molecule has 1 aliphatic rings. The van der Waals surface area contributed by atoms with E-state index in [4.69, 9.17) is 5.11 Å². The second kappa shape index (κ2) is 5.31. The average Bonchev–Trinajstić information content (AvgIpc) is 3.11. The molecule has 0 spiro atoms. The van der Waals surface area contributed by atoms with E-state index in [1.807, 2.05) is 18.7 Å². The first kappa shape index (κ1) is 14.6. The van der Waals surface area contributed by atoms with Crippen molar-refractivity contribution in [3.05, 3.63) is 22.5 Å². The van der Waals surface area contributed by atoms with E-state index < -0.39 is 5.97 Å². The minimum atomic E-state index is -1.03. The quantitative estimate of drug-likeness (QED) is 0.869. The van der Waals surface area contributed by atoms with Crippen LogP contribution in [0.5, 0.6) is 0 Å². The van der Waals surface area contributed by atoms with Crippen molar-refractivity contribution in [2.45, 2.75) is 46.6 Å². The molecule has 1 amide bonds. The highest BCUT2D eigenvalue weighted by Gasteiger charge is 2.31. The van der Waals surface area contributed by atoms with Crippen molar-refractivity contribution in [3.8, 4) is 0 Å². The summed E-state index contributed by atoms with van der Waals surface area (Å²) in [5.74, 6) is -0.478. The number of hydrogen-bond acceptors (Lipinski definition) is 2. The van der Waals surface area contributed by atoms with Crippen molar-refractivity contribution in [1.29, 1.82) is 0 Å². The smallest absolute Gasteiger partial charge is 0.352 e. The Morgan fingerprint density at radius 1 is 1.35 bits per heavy atom. The van der Waals surface area contributed by atoms with E-state index in [-0.39, 0.29) is 17.6 Å². The van der Waals surface area contributed by atoms with Crippen LogP contribution in [0.3, 0.4) is 0 Å². The van der Waals surface area contributed by atoms with E-state index in [9.17, 15) is 9.59 Å². The van der Waals surface area contributed by atoms with Gasteiger partial charge in [-0.1, -0.05) is 0 Å². The summed E-state index contributed by atoms with van der Waals surface area (Å²) >= 11 is 0. The van der Waals surface area contributed by atoms with Gasteiger partial charge in [-0.25, -0.2) is 4.79 Å². The predicted octanol–water partition coefficient (Wildman–Crippen LogP) is 2.59. The number of aromatic amines is 1. The zero-order valence-electron chi connectivity index (χ0n) is 12.5. The number of carboxylic acids is 1. The summed E-state index contributed by atoms with van der Waals surface area (Å²) in [5, 5.41) is 9.13. The molecule has 0 radical (unpaired) electrons. The van der Waals surface area contributed by atoms with Gasteiger partial charge >= 0.3 is 5.97 Å². The van der Waals surface area contributed by atoms with Gasteiger partial charge in [0, 0.05) is 18.3 Å². The molecule has 0 aliphatic heterocycles. The third-order valence-electron chi connectivity index (χ3n) is 3.90. The fourth-order valence-electron chi connectivity index (χ4n) is 2.54. The summed E-state index contributed by atoms with van der Waals surface area (Å²) in [6.45, 7) is 8.20. The molecule has 20 heavy (non-hydrogen) atoms. The van der Waals surface area contributed by atoms with Crippen LogP contribution in [0.25, 0.3) is 0 Å². The number of H-pyrrole nitrogens is 1. The third kappa shape index (κ3) is 2.71. The molecule has 110 valence electrons. The molecule has 1 saturated carbocycles. The SMILES string of the molecule is Cc1[nH]c(C(=O)O)c(C)c1C(=O)N(CC1CC1)C(C)C. The van der Waals surface area contributed by atoms with E-state index in [0.717, 1.165) is 6.54 Å². The van der Waals surface area contributed by atoms with Crippen molar-refractivity contribution in [2.75, 3.05) is 6.54 Å². The fourth-order valence-corrected chi connectivity index (χ4v) is 2.54. The van der Waals surface area contributed by atoms with Gasteiger partial charge in [0.2, 0.25) is 0 Å². The van der Waals surface area contributed by atoms with E-state index in [2.05, 4.69) is 4.98 Å². The minimum absolute atomic E-state index is 0.0642. The van der Waals surface area contributed by atoms with Gasteiger partial charge in [0.25, 0.3) is 5.91 Å². The zero-order valence-corrected chi connectivity index (χ0v) is 12.5. The van der Waals surface area contributed by atoms with E-state index in [1.165, 1.54) is 12.8 Å². The summed E-state index contributed by atoms with van der Waals surface area (Å²) in [5.41, 5.74) is 1.78. The number of nitrogens with one attached hydrogen (secondary N) is 1. The van der Waals surface area contributed by atoms with Crippen LogP contribution in [0.1, 0.15) is 58.8 Å². The topological polar surface area (TPSA) is 73.4 Å². The first-order valence-electron chi connectivity index (χ1n) is 7.06. The van der Waals surface area contributed by atoms with Gasteiger partial charge in [-0.3, -0.25) is 4.79 Å². The highest BCUT2D eigenvalue weighted by molar-refractivity contribution is 6.01. The lowest BCUT2D eigenvalue weighted by Gasteiger charge is -2.27. The van der Waals surface area contributed by atoms with Crippen LogP contribution in [0.2, 0.25) is 0 Å². The first-order valence-corrected chi connectivity index (χ1v) is 7.06. The Kier molecular flexibility index (Phi) is 3.88. The Balaban J connectivity index is 2.33. The van der Waals surface area contributed by atoms with Gasteiger partial charge < -0.3 is 15.0 Å². The average molecular weight is 278 g/mol. The summed E-state index contributed by atoms with van der Waals surface area (Å²) in [4.78, 5) is 28.5. The summed E-state index contributed by atoms with van der Waals surface area (Å²) in [7, 11) is 0. The number of rotatable bonds is 5. The third-order valence-corrected chi connectivity index (χ3v) is 3.90. The van der Waals surface area contributed by atoms with Gasteiger partial charge in [0.15, 0.2) is 0 Å². The van der Waals surface area contributed by atoms with Crippen LogP contribution < -0.4 is 0 Å². The molecule has 0 aromatic carbocycles. The molecule has 1 aromatic rings. The van der Waals surface area contributed by atoms with Crippen LogP contribution in [0.15, 0.2) is 0 Å². The summed E-state index contributed by atoms with van der Waals surface area (Å²) in [6, 6.07) is 0.116. The molecule has 0 unspecified atom stereocenters. The maximum absolute atomic E-state index is 12.7. The number of aryl methyl sites for hydroxylation is 1. The maximum atomic E-state index is 12.7. The monoisotopic (exact) mass is 278 g/mol. The predicted molar refractivity (Wildman–Crippen MR) is 76.1 cm³/mol. The molecule has 0 atom stereocenters. The van der Waals surface area contributed by atoms with Crippen LogP contribution in [0.4, 0.5) is 0 Å².